The second-order valence-electron chi connectivity index (χ2n) is 6.75. The van der Waals surface area contributed by atoms with Crippen molar-refractivity contribution in [3.05, 3.63) is 83.9 Å². The van der Waals surface area contributed by atoms with Gasteiger partial charge in [0.25, 0.3) is 0 Å². The fourth-order valence-electron chi connectivity index (χ4n) is 2.83. The highest BCUT2D eigenvalue weighted by atomic mass is 32.2. The molecule has 0 aliphatic rings. The van der Waals surface area contributed by atoms with Crippen LogP contribution in [0.3, 0.4) is 0 Å². The molecule has 0 aliphatic heterocycles. The number of nitrogens with one attached hydrogen (secondary N) is 1. The van der Waals surface area contributed by atoms with Crippen LogP contribution in [0.2, 0.25) is 0 Å². The van der Waals surface area contributed by atoms with Gasteiger partial charge in [-0.25, -0.2) is 18.1 Å². The van der Waals surface area contributed by atoms with Crippen LogP contribution in [0.5, 0.6) is 0 Å². The van der Waals surface area contributed by atoms with Crippen LogP contribution in [0.25, 0.3) is 0 Å². The molecule has 0 bridgehead atoms. The average molecular weight is 384 g/mol. The van der Waals surface area contributed by atoms with Crippen LogP contribution in [0.1, 0.15) is 42.9 Å². The summed E-state index contributed by atoms with van der Waals surface area (Å²) in [6.45, 7) is 5.27. The van der Waals surface area contributed by atoms with Gasteiger partial charge < -0.3 is 4.57 Å². The van der Waals surface area contributed by atoms with Gasteiger partial charge in [-0.15, -0.1) is 0 Å². The van der Waals surface area contributed by atoms with E-state index in [1.54, 1.807) is 24.7 Å². The molecule has 1 unspecified atom stereocenters. The quantitative estimate of drug-likeness (QED) is 0.641. The third kappa shape index (κ3) is 5.05. The van der Waals surface area contributed by atoms with E-state index >= 15 is 0 Å². The predicted molar refractivity (Wildman–Crippen MR) is 107 cm³/mol. The van der Waals surface area contributed by atoms with Gasteiger partial charge in [0.2, 0.25) is 10.0 Å². The summed E-state index contributed by atoms with van der Waals surface area (Å²) in [5.41, 5.74) is 3.22. The fourth-order valence-corrected chi connectivity index (χ4v) is 3.84. The minimum absolute atomic E-state index is 0.265. The zero-order valence-corrected chi connectivity index (χ0v) is 16.5. The highest BCUT2D eigenvalue weighted by molar-refractivity contribution is 7.89. The van der Waals surface area contributed by atoms with Crippen molar-refractivity contribution in [2.24, 2.45) is 0 Å². The van der Waals surface area contributed by atoms with Gasteiger partial charge in [-0.3, -0.25) is 0 Å². The molecule has 0 amide bonds. The van der Waals surface area contributed by atoms with Crippen LogP contribution in [0, 0.1) is 0 Å². The van der Waals surface area contributed by atoms with E-state index < -0.39 is 10.0 Å². The lowest BCUT2D eigenvalue weighted by molar-refractivity contribution is 0.581. The van der Waals surface area contributed by atoms with Crippen LogP contribution in [0.15, 0.2) is 72.1 Å². The molecular weight excluding hydrogens is 358 g/mol. The summed E-state index contributed by atoms with van der Waals surface area (Å²) < 4.78 is 29.7. The van der Waals surface area contributed by atoms with E-state index in [1.165, 1.54) is 0 Å². The van der Waals surface area contributed by atoms with E-state index in [1.807, 2.05) is 47.2 Å². The SMILES string of the molecule is CCC(C)c1ccc(S(=O)(=O)NCc2ccc(Cn3ccnc3)cc2)cc1. The van der Waals surface area contributed by atoms with Gasteiger partial charge in [0.05, 0.1) is 11.2 Å². The molecule has 2 aromatic carbocycles. The number of hydrogen-bond acceptors (Lipinski definition) is 3. The topological polar surface area (TPSA) is 64.0 Å². The molecular formula is C21H25N3O2S. The Labute approximate surface area is 161 Å². The summed E-state index contributed by atoms with van der Waals surface area (Å²) in [4.78, 5) is 4.32. The van der Waals surface area contributed by atoms with Crippen LogP contribution >= 0.6 is 0 Å². The standard InChI is InChI=1S/C21H25N3O2S/c1-3-17(2)20-8-10-21(11-9-20)27(25,26)23-14-18-4-6-19(7-5-18)15-24-13-12-22-16-24/h4-13,16-17,23H,3,14-15H2,1-2H3. The molecule has 1 heterocycles. The molecule has 142 valence electrons. The van der Waals surface area contributed by atoms with Crippen molar-refractivity contribution >= 4 is 10.0 Å². The molecule has 0 fully saturated rings. The number of rotatable bonds is 8. The lowest BCUT2D eigenvalue weighted by Crippen LogP contribution is -2.23. The van der Waals surface area contributed by atoms with Crippen molar-refractivity contribution in [1.29, 1.82) is 0 Å². The van der Waals surface area contributed by atoms with Crippen molar-refractivity contribution in [1.82, 2.24) is 14.3 Å². The molecule has 0 saturated carbocycles. The molecule has 0 radical (unpaired) electrons. The Hall–Kier alpha value is -2.44. The zero-order chi connectivity index (χ0) is 19.3. The summed E-state index contributed by atoms with van der Waals surface area (Å²) in [6, 6.07) is 15.0. The lowest BCUT2D eigenvalue weighted by atomic mass is 9.99. The summed E-state index contributed by atoms with van der Waals surface area (Å²) in [5.74, 6) is 0.426. The highest BCUT2D eigenvalue weighted by Gasteiger charge is 2.14. The molecule has 6 heteroatoms. The molecule has 0 spiro atoms. The average Bonchev–Trinajstić information content (AvgIpc) is 3.20. The van der Waals surface area contributed by atoms with Crippen molar-refractivity contribution in [3.63, 3.8) is 0 Å². The van der Waals surface area contributed by atoms with E-state index in [0.717, 1.165) is 29.7 Å². The summed E-state index contributed by atoms with van der Waals surface area (Å²) in [7, 11) is -3.52. The Kier molecular flexibility index (Phi) is 6.08. The van der Waals surface area contributed by atoms with Crippen LogP contribution < -0.4 is 4.72 Å². The highest BCUT2D eigenvalue weighted by Crippen LogP contribution is 2.20. The minimum Gasteiger partial charge on any atom is -0.333 e. The van der Waals surface area contributed by atoms with Gasteiger partial charge in [0.1, 0.15) is 0 Å². The molecule has 1 aromatic heterocycles. The number of aromatic nitrogens is 2. The molecule has 0 saturated heterocycles. The Morgan fingerprint density at radius 1 is 1.04 bits per heavy atom. The molecule has 5 nitrogen and oxygen atoms in total. The van der Waals surface area contributed by atoms with E-state index in [-0.39, 0.29) is 6.54 Å². The first-order chi connectivity index (χ1) is 13.0. The summed E-state index contributed by atoms with van der Waals surface area (Å²) in [6.07, 6.45) is 6.46. The largest absolute Gasteiger partial charge is 0.333 e. The molecule has 1 N–H and O–H groups in total. The van der Waals surface area contributed by atoms with Crippen molar-refractivity contribution < 1.29 is 8.42 Å². The second kappa shape index (κ2) is 8.50. The summed E-state index contributed by atoms with van der Waals surface area (Å²) >= 11 is 0. The van der Waals surface area contributed by atoms with Gasteiger partial charge >= 0.3 is 0 Å². The van der Waals surface area contributed by atoms with Gasteiger partial charge in [0, 0.05) is 25.5 Å². The van der Waals surface area contributed by atoms with Crippen LogP contribution in [0.4, 0.5) is 0 Å². The van der Waals surface area contributed by atoms with Crippen molar-refractivity contribution in [3.8, 4) is 0 Å². The van der Waals surface area contributed by atoms with Crippen LogP contribution in [-0.2, 0) is 23.1 Å². The third-order valence-corrected chi connectivity index (χ3v) is 6.20. The maximum atomic E-state index is 12.5. The number of sulfonamides is 1. The Morgan fingerprint density at radius 2 is 1.70 bits per heavy atom. The minimum atomic E-state index is -3.52. The maximum Gasteiger partial charge on any atom is 0.240 e. The number of nitrogens with zero attached hydrogens (tertiary/aromatic N) is 2. The zero-order valence-electron chi connectivity index (χ0n) is 15.7. The number of imidazole rings is 1. The van der Waals surface area contributed by atoms with Crippen molar-refractivity contribution in [2.45, 2.75) is 44.2 Å². The normalized spacial score (nSPS) is 12.8. The van der Waals surface area contributed by atoms with Crippen LogP contribution in [-0.4, -0.2) is 18.0 Å². The molecule has 0 aliphatic carbocycles. The van der Waals surface area contributed by atoms with E-state index in [4.69, 9.17) is 0 Å². The molecule has 3 rings (SSSR count). The number of hydrogen-bond donors (Lipinski definition) is 1. The first-order valence-electron chi connectivity index (χ1n) is 9.11. The van der Waals surface area contributed by atoms with E-state index in [9.17, 15) is 8.42 Å². The smallest absolute Gasteiger partial charge is 0.240 e. The third-order valence-electron chi connectivity index (χ3n) is 4.79. The monoisotopic (exact) mass is 383 g/mol. The van der Waals surface area contributed by atoms with E-state index in [2.05, 4.69) is 23.6 Å². The Bertz CT molecular complexity index is 948. The van der Waals surface area contributed by atoms with E-state index in [0.29, 0.717) is 10.8 Å². The number of benzene rings is 2. The van der Waals surface area contributed by atoms with Crippen molar-refractivity contribution in [2.75, 3.05) is 0 Å². The first-order valence-corrected chi connectivity index (χ1v) is 10.6. The molecule has 3 aromatic rings. The molecule has 1 atom stereocenters. The Balaban J connectivity index is 1.61. The van der Waals surface area contributed by atoms with Gasteiger partial charge in [-0.1, -0.05) is 50.2 Å². The second-order valence-corrected chi connectivity index (χ2v) is 8.52. The van der Waals surface area contributed by atoms with Gasteiger partial charge in [0.15, 0.2) is 0 Å². The van der Waals surface area contributed by atoms with Gasteiger partial charge in [-0.2, -0.15) is 0 Å². The fraction of sp³-hybridized carbons (Fsp3) is 0.286. The molecule has 27 heavy (non-hydrogen) atoms. The van der Waals surface area contributed by atoms with Gasteiger partial charge in [-0.05, 0) is 41.2 Å². The summed E-state index contributed by atoms with van der Waals surface area (Å²) in [5, 5.41) is 0. The predicted octanol–water partition coefficient (Wildman–Crippen LogP) is 3.92. The lowest BCUT2D eigenvalue weighted by Gasteiger charge is -2.11. The Morgan fingerprint density at radius 3 is 2.30 bits per heavy atom. The maximum absolute atomic E-state index is 12.5. The first kappa shape index (κ1) is 19.3.